The van der Waals surface area contributed by atoms with E-state index in [1.807, 2.05) is 19.1 Å². The third-order valence-corrected chi connectivity index (χ3v) is 2.01. The van der Waals surface area contributed by atoms with Gasteiger partial charge in [0, 0.05) is 5.02 Å². The van der Waals surface area contributed by atoms with Crippen molar-refractivity contribution < 1.29 is 5.11 Å². The van der Waals surface area contributed by atoms with Crippen molar-refractivity contribution in [2.45, 2.75) is 19.4 Å². The van der Waals surface area contributed by atoms with Gasteiger partial charge >= 0.3 is 0 Å². The molecule has 0 aliphatic carbocycles. The van der Waals surface area contributed by atoms with Gasteiger partial charge in [0.15, 0.2) is 0 Å². The van der Waals surface area contributed by atoms with Crippen LogP contribution in [0.15, 0.2) is 36.4 Å². The van der Waals surface area contributed by atoms with Crippen LogP contribution in [0.3, 0.4) is 0 Å². The molecule has 0 saturated carbocycles. The Bertz CT molecular complexity index is 307. The summed E-state index contributed by atoms with van der Waals surface area (Å²) in [6, 6.07) is 7.26. The van der Waals surface area contributed by atoms with E-state index >= 15 is 0 Å². The molecule has 1 aromatic rings. The lowest BCUT2D eigenvalue weighted by molar-refractivity contribution is 0.178. The summed E-state index contributed by atoms with van der Waals surface area (Å²) in [4.78, 5) is 0. The Labute approximate surface area is 83.7 Å². The molecule has 0 saturated heterocycles. The van der Waals surface area contributed by atoms with Gasteiger partial charge in [0.1, 0.15) is 0 Å². The van der Waals surface area contributed by atoms with E-state index in [0.29, 0.717) is 11.4 Å². The van der Waals surface area contributed by atoms with Gasteiger partial charge in [0.25, 0.3) is 0 Å². The monoisotopic (exact) mass is 196 g/mol. The van der Waals surface area contributed by atoms with E-state index < -0.39 is 6.10 Å². The Morgan fingerprint density at radius 2 is 2.31 bits per heavy atom. The number of aliphatic hydroxyl groups excluding tert-OH is 1. The smallest absolute Gasteiger partial charge is 0.0827 e. The van der Waals surface area contributed by atoms with Gasteiger partial charge in [-0.3, -0.25) is 0 Å². The minimum Gasteiger partial charge on any atom is -0.388 e. The second kappa shape index (κ2) is 4.45. The number of benzene rings is 1. The largest absolute Gasteiger partial charge is 0.388 e. The molecule has 0 amide bonds. The van der Waals surface area contributed by atoms with Crippen molar-refractivity contribution in [2.75, 3.05) is 0 Å². The maximum absolute atomic E-state index is 9.70. The highest BCUT2D eigenvalue weighted by Crippen LogP contribution is 2.22. The molecule has 1 nitrogen and oxygen atoms in total. The van der Waals surface area contributed by atoms with Gasteiger partial charge in [-0.05, 0) is 31.0 Å². The average molecular weight is 197 g/mol. The molecule has 1 aromatic carbocycles. The van der Waals surface area contributed by atoms with Crippen molar-refractivity contribution in [3.63, 3.8) is 0 Å². The summed E-state index contributed by atoms with van der Waals surface area (Å²) in [6.07, 6.45) is 0.0940. The standard InChI is InChI=1S/C11H13ClO/c1-8(2)6-11(13)9-4-3-5-10(12)7-9/h3-5,7,11,13H,1,6H2,2H3. The molecule has 2 heteroatoms. The van der Waals surface area contributed by atoms with E-state index in [1.165, 1.54) is 0 Å². The predicted octanol–water partition coefficient (Wildman–Crippen LogP) is 3.34. The van der Waals surface area contributed by atoms with Crippen LogP contribution in [0.2, 0.25) is 5.02 Å². The van der Waals surface area contributed by atoms with Crippen molar-refractivity contribution in [1.29, 1.82) is 0 Å². The van der Waals surface area contributed by atoms with Crippen LogP contribution in [0.5, 0.6) is 0 Å². The SMILES string of the molecule is C=C(C)CC(O)c1cccc(Cl)c1. The second-order valence-corrected chi connectivity index (χ2v) is 3.67. The summed E-state index contributed by atoms with van der Waals surface area (Å²) in [5, 5.41) is 10.3. The van der Waals surface area contributed by atoms with E-state index in [9.17, 15) is 5.11 Å². The highest BCUT2D eigenvalue weighted by Gasteiger charge is 2.07. The molecule has 0 heterocycles. The molecule has 13 heavy (non-hydrogen) atoms. The lowest BCUT2D eigenvalue weighted by Gasteiger charge is -2.10. The first kappa shape index (κ1) is 10.3. The number of aliphatic hydroxyl groups is 1. The van der Waals surface area contributed by atoms with Crippen molar-refractivity contribution in [1.82, 2.24) is 0 Å². The molecular formula is C11H13ClO. The van der Waals surface area contributed by atoms with Gasteiger partial charge in [0.05, 0.1) is 6.10 Å². The fraction of sp³-hybridized carbons (Fsp3) is 0.273. The molecule has 0 aromatic heterocycles. The van der Waals surface area contributed by atoms with Crippen LogP contribution < -0.4 is 0 Å². The minimum atomic E-state index is -0.490. The van der Waals surface area contributed by atoms with E-state index in [0.717, 1.165) is 11.1 Å². The Morgan fingerprint density at radius 1 is 1.62 bits per heavy atom. The van der Waals surface area contributed by atoms with Crippen LogP contribution in [0.25, 0.3) is 0 Å². The number of hydrogen-bond donors (Lipinski definition) is 1. The zero-order valence-corrected chi connectivity index (χ0v) is 8.38. The van der Waals surface area contributed by atoms with Gasteiger partial charge in [-0.25, -0.2) is 0 Å². The molecule has 0 radical (unpaired) electrons. The Kier molecular flexibility index (Phi) is 3.52. The Balaban J connectivity index is 2.76. The average Bonchev–Trinajstić information content (AvgIpc) is 2.03. The zero-order chi connectivity index (χ0) is 9.84. The van der Waals surface area contributed by atoms with Crippen LogP contribution in [-0.4, -0.2) is 5.11 Å². The van der Waals surface area contributed by atoms with Crippen LogP contribution in [0, 0.1) is 0 Å². The third-order valence-electron chi connectivity index (χ3n) is 1.78. The van der Waals surface area contributed by atoms with Crippen LogP contribution in [-0.2, 0) is 0 Å². The van der Waals surface area contributed by atoms with Crippen LogP contribution >= 0.6 is 11.6 Å². The van der Waals surface area contributed by atoms with Gasteiger partial charge in [-0.15, -0.1) is 6.58 Å². The molecule has 1 rings (SSSR count). The summed E-state index contributed by atoms with van der Waals surface area (Å²) in [7, 11) is 0. The summed E-state index contributed by atoms with van der Waals surface area (Å²) < 4.78 is 0. The zero-order valence-electron chi connectivity index (χ0n) is 7.63. The molecule has 0 bridgehead atoms. The summed E-state index contributed by atoms with van der Waals surface area (Å²) in [5.74, 6) is 0. The van der Waals surface area contributed by atoms with Crippen molar-refractivity contribution in [3.8, 4) is 0 Å². The maximum Gasteiger partial charge on any atom is 0.0827 e. The predicted molar refractivity (Wildman–Crippen MR) is 55.8 cm³/mol. The third kappa shape index (κ3) is 3.21. The van der Waals surface area contributed by atoms with Crippen molar-refractivity contribution in [2.24, 2.45) is 0 Å². The molecular weight excluding hydrogens is 184 g/mol. The number of halogens is 1. The van der Waals surface area contributed by atoms with Gasteiger partial charge < -0.3 is 5.11 Å². The highest BCUT2D eigenvalue weighted by molar-refractivity contribution is 6.30. The first-order valence-electron chi connectivity index (χ1n) is 4.17. The van der Waals surface area contributed by atoms with Crippen molar-refractivity contribution >= 4 is 11.6 Å². The summed E-state index contributed by atoms with van der Waals surface area (Å²) >= 11 is 5.79. The van der Waals surface area contributed by atoms with E-state index in [1.54, 1.807) is 12.1 Å². The van der Waals surface area contributed by atoms with E-state index in [-0.39, 0.29) is 0 Å². The maximum atomic E-state index is 9.70. The lowest BCUT2D eigenvalue weighted by atomic mass is 10.0. The summed E-state index contributed by atoms with van der Waals surface area (Å²) in [5.41, 5.74) is 1.81. The molecule has 1 N–H and O–H groups in total. The first-order chi connectivity index (χ1) is 6.09. The van der Waals surface area contributed by atoms with E-state index in [4.69, 9.17) is 11.6 Å². The normalized spacial score (nSPS) is 12.5. The molecule has 1 unspecified atom stereocenters. The topological polar surface area (TPSA) is 20.2 Å². The first-order valence-corrected chi connectivity index (χ1v) is 4.55. The molecule has 70 valence electrons. The summed E-state index contributed by atoms with van der Waals surface area (Å²) in [6.45, 7) is 5.65. The van der Waals surface area contributed by atoms with Gasteiger partial charge in [-0.1, -0.05) is 29.3 Å². The van der Waals surface area contributed by atoms with E-state index in [2.05, 4.69) is 6.58 Å². The molecule has 0 aliphatic heterocycles. The Hall–Kier alpha value is -0.790. The molecule has 0 aliphatic rings. The second-order valence-electron chi connectivity index (χ2n) is 3.23. The minimum absolute atomic E-state index is 0.490. The number of rotatable bonds is 3. The fourth-order valence-corrected chi connectivity index (χ4v) is 1.36. The van der Waals surface area contributed by atoms with Gasteiger partial charge in [-0.2, -0.15) is 0 Å². The van der Waals surface area contributed by atoms with Crippen LogP contribution in [0.4, 0.5) is 0 Å². The van der Waals surface area contributed by atoms with Crippen molar-refractivity contribution in [3.05, 3.63) is 47.0 Å². The molecule has 0 spiro atoms. The number of hydrogen-bond acceptors (Lipinski definition) is 1. The lowest BCUT2D eigenvalue weighted by Crippen LogP contribution is -1.97. The fourth-order valence-electron chi connectivity index (χ4n) is 1.16. The van der Waals surface area contributed by atoms with Gasteiger partial charge in [0.2, 0.25) is 0 Å². The highest BCUT2D eigenvalue weighted by atomic mass is 35.5. The molecule has 0 fully saturated rings. The Morgan fingerprint density at radius 3 is 2.85 bits per heavy atom. The van der Waals surface area contributed by atoms with Crippen LogP contribution in [0.1, 0.15) is 25.0 Å². The quantitative estimate of drug-likeness (QED) is 0.736. The molecule has 1 atom stereocenters.